The number of thioether (sulfide) groups is 1. The molecule has 3 heteroatoms. The molecule has 1 aromatic rings. The van der Waals surface area contributed by atoms with E-state index in [9.17, 15) is 4.79 Å². The van der Waals surface area contributed by atoms with Crippen molar-refractivity contribution in [1.29, 1.82) is 0 Å². The highest BCUT2D eigenvalue weighted by molar-refractivity contribution is 7.99. The molecule has 0 unspecified atom stereocenters. The van der Waals surface area contributed by atoms with Gasteiger partial charge < -0.3 is 4.74 Å². The lowest BCUT2D eigenvalue weighted by Crippen LogP contribution is -2.05. The van der Waals surface area contributed by atoms with Gasteiger partial charge in [0.1, 0.15) is 6.61 Å². The van der Waals surface area contributed by atoms with Crippen LogP contribution < -0.4 is 0 Å². The van der Waals surface area contributed by atoms with Gasteiger partial charge >= 0.3 is 5.97 Å². The number of hydrogen-bond donors (Lipinski definition) is 0. The summed E-state index contributed by atoms with van der Waals surface area (Å²) in [6.07, 6.45) is 0.204. The quantitative estimate of drug-likeness (QED) is 0.423. The van der Waals surface area contributed by atoms with Gasteiger partial charge in [-0.25, -0.2) is 0 Å². The van der Waals surface area contributed by atoms with Crippen molar-refractivity contribution in [2.45, 2.75) is 11.3 Å². The first-order chi connectivity index (χ1) is 6.83. The van der Waals surface area contributed by atoms with Crippen molar-refractivity contribution < 1.29 is 9.53 Å². The SMILES string of the molecule is [CH2]CC(=O)OCCSc1ccccc1. The summed E-state index contributed by atoms with van der Waals surface area (Å²) >= 11 is 1.68. The first kappa shape index (κ1) is 11.1. The molecule has 0 amide bonds. The molecule has 0 aliphatic carbocycles. The summed E-state index contributed by atoms with van der Waals surface area (Å²) in [5.74, 6) is 0.550. The van der Waals surface area contributed by atoms with Crippen LogP contribution in [0, 0.1) is 6.92 Å². The van der Waals surface area contributed by atoms with E-state index < -0.39 is 0 Å². The maximum atomic E-state index is 10.7. The molecule has 0 atom stereocenters. The number of carbonyl (C=O) groups excluding carboxylic acids is 1. The zero-order valence-electron chi connectivity index (χ0n) is 7.94. The van der Waals surface area contributed by atoms with Crippen LogP contribution in [0.2, 0.25) is 0 Å². The molecular formula is C11H13O2S. The van der Waals surface area contributed by atoms with Crippen molar-refractivity contribution in [2.75, 3.05) is 12.4 Å². The van der Waals surface area contributed by atoms with Crippen molar-refractivity contribution in [2.24, 2.45) is 0 Å². The van der Waals surface area contributed by atoms with Gasteiger partial charge in [-0.15, -0.1) is 11.8 Å². The van der Waals surface area contributed by atoms with E-state index in [4.69, 9.17) is 4.74 Å². The van der Waals surface area contributed by atoms with Crippen LogP contribution in [0.25, 0.3) is 0 Å². The summed E-state index contributed by atoms with van der Waals surface area (Å²) < 4.78 is 4.89. The summed E-state index contributed by atoms with van der Waals surface area (Å²) in [7, 11) is 0. The van der Waals surface area contributed by atoms with Gasteiger partial charge in [0.25, 0.3) is 0 Å². The van der Waals surface area contributed by atoms with E-state index >= 15 is 0 Å². The Bertz CT molecular complexity index is 272. The van der Waals surface area contributed by atoms with Crippen molar-refractivity contribution >= 4 is 17.7 Å². The third kappa shape index (κ3) is 4.33. The van der Waals surface area contributed by atoms with Gasteiger partial charge in [-0.05, 0) is 19.1 Å². The Morgan fingerprint density at radius 1 is 1.36 bits per heavy atom. The van der Waals surface area contributed by atoms with E-state index in [-0.39, 0.29) is 12.4 Å². The zero-order valence-corrected chi connectivity index (χ0v) is 8.76. The molecule has 0 aliphatic rings. The second kappa shape index (κ2) is 6.49. The fourth-order valence-corrected chi connectivity index (χ4v) is 1.66. The molecule has 0 aromatic heterocycles. The van der Waals surface area contributed by atoms with Gasteiger partial charge in [-0.2, -0.15) is 0 Å². The summed E-state index contributed by atoms with van der Waals surface area (Å²) in [6, 6.07) is 10.0. The number of carbonyl (C=O) groups is 1. The van der Waals surface area contributed by atoms with Crippen molar-refractivity contribution in [3.8, 4) is 0 Å². The molecule has 0 saturated carbocycles. The van der Waals surface area contributed by atoms with Crippen LogP contribution in [-0.2, 0) is 9.53 Å². The minimum atomic E-state index is -0.237. The van der Waals surface area contributed by atoms with E-state index in [1.165, 1.54) is 4.90 Å². The largest absolute Gasteiger partial charge is 0.465 e. The second-order valence-corrected chi connectivity index (χ2v) is 3.80. The first-order valence-electron chi connectivity index (χ1n) is 4.45. The minimum Gasteiger partial charge on any atom is -0.465 e. The average molecular weight is 209 g/mol. The number of hydrogen-bond acceptors (Lipinski definition) is 3. The van der Waals surface area contributed by atoms with Crippen LogP contribution in [-0.4, -0.2) is 18.3 Å². The van der Waals surface area contributed by atoms with E-state index in [2.05, 4.69) is 6.92 Å². The van der Waals surface area contributed by atoms with Crippen LogP contribution in [0.1, 0.15) is 6.42 Å². The molecule has 1 radical (unpaired) electrons. The monoisotopic (exact) mass is 209 g/mol. The Morgan fingerprint density at radius 2 is 2.07 bits per heavy atom. The predicted octanol–water partition coefficient (Wildman–Crippen LogP) is 2.55. The zero-order chi connectivity index (χ0) is 10.2. The Labute approximate surface area is 88.7 Å². The van der Waals surface area contributed by atoms with E-state index in [0.29, 0.717) is 6.61 Å². The molecule has 0 aliphatic heterocycles. The molecule has 1 rings (SSSR count). The van der Waals surface area contributed by atoms with Gasteiger partial charge in [-0.1, -0.05) is 18.2 Å². The standard InChI is InChI=1S/C11H13O2S/c1-2-11(12)13-8-9-14-10-6-4-3-5-7-10/h3-7H,1-2,8-9H2. The molecule has 14 heavy (non-hydrogen) atoms. The average Bonchev–Trinajstić information content (AvgIpc) is 2.25. The van der Waals surface area contributed by atoms with Crippen LogP contribution in [0.15, 0.2) is 35.2 Å². The van der Waals surface area contributed by atoms with Crippen LogP contribution in [0.5, 0.6) is 0 Å². The van der Waals surface area contributed by atoms with Gasteiger partial charge in [0.2, 0.25) is 0 Å². The summed E-state index contributed by atoms with van der Waals surface area (Å²) in [4.78, 5) is 11.9. The van der Waals surface area contributed by atoms with Crippen LogP contribution >= 0.6 is 11.8 Å². The number of esters is 1. The lowest BCUT2D eigenvalue weighted by Gasteiger charge is -2.02. The third-order valence-corrected chi connectivity index (χ3v) is 2.54. The number of benzene rings is 1. The topological polar surface area (TPSA) is 26.3 Å². The molecule has 0 fully saturated rings. The van der Waals surface area contributed by atoms with Gasteiger partial charge in [0.05, 0.1) is 0 Å². The fourth-order valence-electron chi connectivity index (χ4n) is 0.904. The van der Waals surface area contributed by atoms with Gasteiger partial charge in [0.15, 0.2) is 0 Å². The molecule has 0 spiro atoms. The molecule has 0 bridgehead atoms. The van der Waals surface area contributed by atoms with E-state index in [1.807, 2.05) is 30.3 Å². The van der Waals surface area contributed by atoms with Crippen molar-refractivity contribution in [1.82, 2.24) is 0 Å². The molecule has 2 nitrogen and oxygen atoms in total. The van der Waals surface area contributed by atoms with E-state index in [0.717, 1.165) is 5.75 Å². The normalized spacial score (nSPS) is 9.79. The molecule has 0 saturated heterocycles. The third-order valence-electron chi connectivity index (χ3n) is 1.56. The Kier molecular flexibility index (Phi) is 5.15. The van der Waals surface area contributed by atoms with Crippen molar-refractivity contribution in [3.63, 3.8) is 0 Å². The van der Waals surface area contributed by atoms with Crippen molar-refractivity contribution in [3.05, 3.63) is 37.3 Å². The highest BCUT2D eigenvalue weighted by Gasteiger charge is 1.97. The Hall–Kier alpha value is -0.960. The maximum absolute atomic E-state index is 10.7. The highest BCUT2D eigenvalue weighted by Crippen LogP contribution is 2.16. The summed E-state index contributed by atoms with van der Waals surface area (Å²) in [5.41, 5.74) is 0. The molecule has 0 heterocycles. The molecule has 0 N–H and O–H groups in total. The van der Waals surface area contributed by atoms with Crippen LogP contribution in [0.3, 0.4) is 0 Å². The molecule has 1 aromatic carbocycles. The fraction of sp³-hybridized carbons (Fsp3) is 0.273. The first-order valence-corrected chi connectivity index (χ1v) is 5.44. The number of ether oxygens (including phenoxy) is 1. The maximum Gasteiger partial charge on any atom is 0.305 e. The Morgan fingerprint density at radius 3 is 2.71 bits per heavy atom. The molecular weight excluding hydrogens is 196 g/mol. The van der Waals surface area contributed by atoms with Crippen LogP contribution in [0.4, 0.5) is 0 Å². The van der Waals surface area contributed by atoms with Gasteiger partial charge in [0, 0.05) is 17.1 Å². The van der Waals surface area contributed by atoms with E-state index in [1.54, 1.807) is 11.8 Å². The number of rotatable bonds is 5. The van der Waals surface area contributed by atoms with Gasteiger partial charge in [-0.3, -0.25) is 4.79 Å². The second-order valence-electron chi connectivity index (χ2n) is 2.63. The minimum absolute atomic E-state index is 0.204. The highest BCUT2D eigenvalue weighted by atomic mass is 32.2. The lowest BCUT2D eigenvalue weighted by atomic mass is 10.4. The smallest absolute Gasteiger partial charge is 0.305 e. The predicted molar refractivity (Wildman–Crippen MR) is 58.1 cm³/mol. The Balaban J connectivity index is 2.13. The lowest BCUT2D eigenvalue weighted by molar-refractivity contribution is -0.141. The summed E-state index contributed by atoms with van der Waals surface area (Å²) in [6.45, 7) is 3.89. The molecule has 75 valence electrons. The summed E-state index contributed by atoms with van der Waals surface area (Å²) in [5, 5.41) is 0.